The van der Waals surface area contributed by atoms with E-state index < -0.39 is 0 Å². The number of hydrogen-bond donors (Lipinski definition) is 2. The number of nitrogens with one attached hydrogen (secondary N) is 1. The number of fused-ring (bicyclic) bond motifs is 1. The van der Waals surface area contributed by atoms with Gasteiger partial charge in [-0.3, -0.25) is 4.79 Å². The van der Waals surface area contributed by atoms with Gasteiger partial charge in [0, 0.05) is 56.4 Å². The molecule has 4 rings (SSSR count). The third kappa shape index (κ3) is 4.54. The van der Waals surface area contributed by atoms with E-state index in [2.05, 4.69) is 41.4 Å². The zero-order valence-corrected chi connectivity index (χ0v) is 17.5. The molecule has 0 unspecified atom stereocenters. The van der Waals surface area contributed by atoms with E-state index in [0.29, 0.717) is 26.1 Å². The molecule has 0 saturated carbocycles. The van der Waals surface area contributed by atoms with E-state index in [1.807, 2.05) is 35.2 Å². The number of anilines is 2. The monoisotopic (exact) mass is 403 g/mol. The number of aromatic nitrogens is 1. The smallest absolute Gasteiger partial charge is 0.227 e. The van der Waals surface area contributed by atoms with E-state index in [0.717, 1.165) is 47.6 Å². The van der Waals surface area contributed by atoms with E-state index in [1.165, 1.54) is 5.56 Å². The van der Waals surface area contributed by atoms with Gasteiger partial charge in [0.2, 0.25) is 5.91 Å². The third-order valence-electron chi connectivity index (χ3n) is 5.59. The number of amides is 1. The van der Waals surface area contributed by atoms with Crippen molar-refractivity contribution in [1.29, 1.82) is 0 Å². The number of carbonyl (C=O) groups is 1. The van der Waals surface area contributed by atoms with E-state index in [-0.39, 0.29) is 5.91 Å². The van der Waals surface area contributed by atoms with Crippen LogP contribution < -0.4 is 16.0 Å². The minimum absolute atomic E-state index is 0.190. The van der Waals surface area contributed by atoms with Gasteiger partial charge in [0.05, 0.1) is 11.9 Å². The summed E-state index contributed by atoms with van der Waals surface area (Å²) in [5, 5.41) is 4.52. The lowest BCUT2D eigenvalue weighted by Crippen LogP contribution is -2.49. The fourth-order valence-corrected chi connectivity index (χ4v) is 3.85. The topological polar surface area (TPSA) is 74.5 Å². The lowest BCUT2D eigenvalue weighted by molar-refractivity contribution is -0.130. The van der Waals surface area contributed by atoms with Crippen molar-refractivity contribution < 1.29 is 4.79 Å². The van der Waals surface area contributed by atoms with Gasteiger partial charge >= 0.3 is 0 Å². The van der Waals surface area contributed by atoms with Crippen LogP contribution in [0, 0.1) is 6.92 Å². The molecule has 3 N–H and O–H groups in total. The largest absolute Gasteiger partial charge is 0.383 e. The fourth-order valence-electron chi connectivity index (χ4n) is 3.85. The van der Waals surface area contributed by atoms with Crippen molar-refractivity contribution in [2.45, 2.75) is 13.3 Å². The van der Waals surface area contributed by atoms with Gasteiger partial charge < -0.3 is 20.9 Å². The number of rotatable bonds is 6. The summed E-state index contributed by atoms with van der Waals surface area (Å²) in [5.41, 5.74) is 9.98. The quantitative estimate of drug-likeness (QED) is 0.662. The maximum absolute atomic E-state index is 12.7. The SMILES string of the molecule is Cc1ccc(CC(=O)N2CCN(c3cc(NCCN)c4ccccc4n3)CC2)cc1. The molecule has 0 spiro atoms. The molecule has 1 amide bonds. The van der Waals surface area contributed by atoms with Crippen molar-refractivity contribution >= 4 is 28.3 Å². The van der Waals surface area contributed by atoms with Crippen molar-refractivity contribution in [2.75, 3.05) is 49.5 Å². The zero-order chi connectivity index (χ0) is 20.9. The predicted octanol–water partition coefficient (Wildman–Crippen LogP) is 2.81. The highest BCUT2D eigenvalue weighted by Gasteiger charge is 2.22. The van der Waals surface area contributed by atoms with Gasteiger partial charge in [-0.2, -0.15) is 0 Å². The molecule has 6 nitrogen and oxygen atoms in total. The minimum atomic E-state index is 0.190. The van der Waals surface area contributed by atoms with Crippen LogP contribution in [0.5, 0.6) is 0 Å². The first kappa shape index (κ1) is 20.2. The van der Waals surface area contributed by atoms with Crippen LogP contribution in [0.4, 0.5) is 11.5 Å². The first-order valence-corrected chi connectivity index (χ1v) is 10.6. The van der Waals surface area contributed by atoms with Gasteiger partial charge in [-0.25, -0.2) is 4.98 Å². The Balaban J connectivity index is 1.44. The highest BCUT2D eigenvalue weighted by Crippen LogP contribution is 2.27. The summed E-state index contributed by atoms with van der Waals surface area (Å²) in [6.45, 7) is 6.34. The van der Waals surface area contributed by atoms with Gasteiger partial charge in [-0.1, -0.05) is 48.0 Å². The molecule has 30 heavy (non-hydrogen) atoms. The zero-order valence-electron chi connectivity index (χ0n) is 17.5. The summed E-state index contributed by atoms with van der Waals surface area (Å²) in [4.78, 5) is 21.8. The van der Waals surface area contributed by atoms with E-state index in [9.17, 15) is 4.79 Å². The molecule has 2 heterocycles. The molecule has 1 aromatic heterocycles. The number of para-hydroxylation sites is 1. The summed E-state index contributed by atoms with van der Waals surface area (Å²) in [7, 11) is 0. The standard InChI is InChI=1S/C24H29N5O/c1-18-6-8-19(9-7-18)16-24(30)29-14-12-28(13-15-29)23-17-22(26-11-10-25)20-4-2-3-5-21(20)27-23/h2-9,17H,10-16,25H2,1H3,(H,26,27). The third-order valence-corrected chi connectivity index (χ3v) is 5.59. The Morgan fingerprint density at radius 1 is 1.07 bits per heavy atom. The average molecular weight is 404 g/mol. The van der Waals surface area contributed by atoms with Crippen LogP contribution in [0.25, 0.3) is 10.9 Å². The highest BCUT2D eigenvalue weighted by molar-refractivity contribution is 5.93. The lowest BCUT2D eigenvalue weighted by Gasteiger charge is -2.35. The Labute approximate surface area is 177 Å². The molecular formula is C24H29N5O. The number of piperazine rings is 1. The van der Waals surface area contributed by atoms with E-state index in [4.69, 9.17) is 10.7 Å². The Kier molecular flexibility index (Phi) is 6.14. The first-order chi connectivity index (χ1) is 14.6. The summed E-state index contributed by atoms with van der Waals surface area (Å²) in [6, 6.07) is 18.4. The van der Waals surface area contributed by atoms with Crippen molar-refractivity contribution in [1.82, 2.24) is 9.88 Å². The van der Waals surface area contributed by atoms with Gasteiger partial charge in [0.1, 0.15) is 5.82 Å². The number of nitrogens with zero attached hydrogens (tertiary/aromatic N) is 3. The Morgan fingerprint density at radius 2 is 1.80 bits per heavy atom. The highest BCUT2D eigenvalue weighted by atomic mass is 16.2. The summed E-state index contributed by atoms with van der Waals surface area (Å²) >= 11 is 0. The van der Waals surface area contributed by atoms with E-state index >= 15 is 0 Å². The molecule has 2 aromatic carbocycles. The average Bonchev–Trinajstić information content (AvgIpc) is 2.79. The van der Waals surface area contributed by atoms with Crippen molar-refractivity contribution in [3.05, 3.63) is 65.7 Å². The minimum Gasteiger partial charge on any atom is -0.383 e. The second kappa shape index (κ2) is 9.13. The van der Waals surface area contributed by atoms with Gasteiger partial charge in [0.25, 0.3) is 0 Å². The van der Waals surface area contributed by atoms with Crippen LogP contribution in [0.2, 0.25) is 0 Å². The summed E-state index contributed by atoms with van der Waals surface area (Å²) < 4.78 is 0. The normalized spacial score (nSPS) is 14.2. The van der Waals surface area contributed by atoms with E-state index in [1.54, 1.807) is 0 Å². The molecule has 0 atom stereocenters. The molecular weight excluding hydrogens is 374 g/mol. The molecule has 1 fully saturated rings. The van der Waals surface area contributed by atoms with Gasteiger partial charge in [-0.05, 0) is 18.6 Å². The van der Waals surface area contributed by atoms with Crippen molar-refractivity contribution in [3.8, 4) is 0 Å². The van der Waals surface area contributed by atoms with Crippen molar-refractivity contribution in [3.63, 3.8) is 0 Å². The predicted molar refractivity (Wildman–Crippen MR) is 123 cm³/mol. The van der Waals surface area contributed by atoms with Crippen molar-refractivity contribution in [2.24, 2.45) is 5.73 Å². The number of hydrogen-bond acceptors (Lipinski definition) is 5. The molecule has 156 valence electrons. The van der Waals surface area contributed by atoms with Crippen LogP contribution in [0.1, 0.15) is 11.1 Å². The number of nitrogens with two attached hydrogens (primary N) is 1. The molecule has 1 aliphatic rings. The summed E-state index contributed by atoms with van der Waals surface area (Å²) in [6.07, 6.45) is 0.460. The molecule has 0 radical (unpaired) electrons. The van der Waals surface area contributed by atoms with Crippen LogP contribution in [0.15, 0.2) is 54.6 Å². The van der Waals surface area contributed by atoms with Crippen LogP contribution in [-0.4, -0.2) is 55.1 Å². The molecule has 0 aliphatic carbocycles. The number of pyridine rings is 1. The first-order valence-electron chi connectivity index (χ1n) is 10.6. The molecule has 0 bridgehead atoms. The second-order valence-corrected chi connectivity index (χ2v) is 7.79. The molecule has 1 aliphatic heterocycles. The lowest BCUT2D eigenvalue weighted by atomic mass is 10.1. The molecule has 6 heteroatoms. The summed E-state index contributed by atoms with van der Waals surface area (Å²) in [5.74, 6) is 1.13. The maximum atomic E-state index is 12.7. The maximum Gasteiger partial charge on any atom is 0.227 e. The van der Waals surface area contributed by atoms with Crippen LogP contribution in [-0.2, 0) is 11.2 Å². The number of aryl methyl sites for hydroxylation is 1. The molecule has 1 saturated heterocycles. The number of benzene rings is 2. The van der Waals surface area contributed by atoms with Gasteiger partial charge in [0.15, 0.2) is 0 Å². The Morgan fingerprint density at radius 3 is 2.53 bits per heavy atom. The second-order valence-electron chi connectivity index (χ2n) is 7.79. The fraction of sp³-hybridized carbons (Fsp3) is 0.333. The Hall–Kier alpha value is -3.12. The number of carbonyl (C=O) groups excluding carboxylic acids is 1. The van der Waals surface area contributed by atoms with Crippen LogP contribution in [0.3, 0.4) is 0 Å². The van der Waals surface area contributed by atoms with Gasteiger partial charge in [-0.15, -0.1) is 0 Å². The van der Waals surface area contributed by atoms with Crippen LogP contribution >= 0.6 is 0 Å². The Bertz CT molecular complexity index is 1010. The molecule has 3 aromatic rings.